The van der Waals surface area contributed by atoms with Crippen LogP contribution in [-0.4, -0.2) is 93.3 Å². The van der Waals surface area contributed by atoms with E-state index in [-0.39, 0.29) is 29.9 Å². The molecule has 27 heavy (non-hydrogen) atoms. The summed E-state index contributed by atoms with van der Waals surface area (Å²) in [4.78, 5) is 10.5. The van der Waals surface area contributed by atoms with Gasteiger partial charge in [-0.05, 0) is 51.2 Å². The fourth-order valence-corrected chi connectivity index (χ4v) is 4.11. The Bertz CT molecular complexity index is 461. The van der Waals surface area contributed by atoms with Gasteiger partial charge in [0.2, 0.25) is 0 Å². The fourth-order valence-electron chi connectivity index (χ4n) is 4.11. The number of aliphatic imine (C=N–C) groups is 1. The van der Waals surface area contributed by atoms with Gasteiger partial charge < -0.3 is 15.1 Å². The Morgan fingerprint density at radius 1 is 1.19 bits per heavy atom. The molecule has 0 aromatic carbocycles. The van der Waals surface area contributed by atoms with Crippen LogP contribution in [0.1, 0.15) is 26.2 Å². The van der Waals surface area contributed by atoms with Crippen LogP contribution in [0.2, 0.25) is 0 Å². The maximum Gasteiger partial charge on any atom is 0.401 e. The van der Waals surface area contributed by atoms with Gasteiger partial charge >= 0.3 is 6.18 Å². The molecule has 160 valence electrons. The zero-order valence-corrected chi connectivity index (χ0v) is 19.1. The van der Waals surface area contributed by atoms with E-state index in [0.29, 0.717) is 19.0 Å². The van der Waals surface area contributed by atoms with Crippen molar-refractivity contribution in [1.82, 2.24) is 20.0 Å². The van der Waals surface area contributed by atoms with Crippen LogP contribution in [0.25, 0.3) is 0 Å². The molecule has 0 spiro atoms. The summed E-state index contributed by atoms with van der Waals surface area (Å²) < 4.78 is 37.9. The van der Waals surface area contributed by atoms with Crippen molar-refractivity contribution in [3.05, 3.63) is 0 Å². The average molecular weight is 505 g/mol. The van der Waals surface area contributed by atoms with E-state index >= 15 is 0 Å². The van der Waals surface area contributed by atoms with Crippen LogP contribution >= 0.6 is 24.0 Å². The third-order valence-corrected chi connectivity index (χ3v) is 5.43. The molecule has 0 bridgehead atoms. The number of likely N-dealkylation sites (tertiary alicyclic amines) is 2. The molecule has 0 aromatic rings. The molecule has 2 atom stereocenters. The number of hydrogen-bond donors (Lipinski definition) is 1. The summed E-state index contributed by atoms with van der Waals surface area (Å²) in [6.45, 7) is 6.72. The molecular formula is C18H35F3IN5. The molecule has 2 aliphatic heterocycles. The maximum atomic E-state index is 12.6. The number of rotatable bonds is 6. The Kier molecular flexibility index (Phi) is 10.7. The molecule has 2 heterocycles. The van der Waals surface area contributed by atoms with Crippen LogP contribution in [0.5, 0.6) is 0 Å². The van der Waals surface area contributed by atoms with Gasteiger partial charge in [-0.25, -0.2) is 0 Å². The van der Waals surface area contributed by atoms with Crippen LogP contribution in [0, 0.1) is 11.8 Å². The van der Waals surface area contributed by atoms with Crippen LogP contribution in [0.15, 0.2) is 4.99 Å². The molecule has 0 saturated carbocycles. The first-order chi connectivity index (χ1) is 12.3. The summed E-state index contributed by atoms with van der Waals surface area (Å²) in [6.07, 6.45) is -0.737. The molecule has 2 rings (SSSR count). The van der Waals surface area contributed by atoms with Crippen molar-refractivity contribution in [3.8, 4) is 0 Å². The van der Waals surface area contributed by atoms with Crippen molar-refractivity contribution < 1.29 is 13.2 Å². The lowest BCUT2D eigenvalue weighted by atomic mass is 9.99. The van der Waals surface area contributed by atoms with Gasteiger partial charge in [-0.2, -0.15) is 13.2 Å². The van der Waals surface area contributed by atoms with Crippen LogP contribution in [-0.2, 0) is 0 Å². The number of nitrogens with zero attached hydrogens (tertiary/aromatic N) is 4. The largest absolute Gasteiger partial charge is 0.401 e. The average Bonchev–Trinajstić information content (AvgIpc) is 3.02. The van der Waals surface area contributed by atoms with Crippen LogP contribution < -0.4 is 5.32 Å². The molecule has 0 amide bonds. The van der Waals surface area contributed by atoms with Gasteiger partial charge in [-0.3, -0.25) is 9.89 Å². The molecule has 5 nitrogen and oxygen atoms in total. The predicted molar refractivity (Wildman–Crippen MR) is 115 cm³/mol. The summed E-state index contributed by atoms with van der Waals surface area (Å²) in [5, 5.41) is 3.48. The van der Waals surface area contributed by atoms with E-state index in [1.54, 1.807) is 14.0 Å². The molecule has 2 saturated heterocycles. The summed E-state index contributed by atoms with van der Waals surface area (Å²) in [6, 6.07) is 0. The van der Waals surface area contributed by atoms with Gasteiger partial charge in [0.15, 0.2) is 5.96 Å². The Labute approximate surface area is 178 Å². The highest BCUT2D eigenvalue weighted by molar-refractivity contribution is 14.0. The summed E-state index contributed by atoms with van der Waals surface area (Å²) in [5.74, 6) is 1.78. The second-order valence-electron chi connectivity index (χ2n) is 7.74. The summed E-state index contributed by atoms with van der Waals surface area (Å²) in [5.41, 5.74) is 0. The standard InChI is InChI=1S/C18H34F3N5.HI/c1-4-25(14-18(19,20)21)12-16-7-9-26(13-16)17(22-2)23-10-15-6-5-8-24(3)11-15;/h15-16H,4-14H2,1-3H3,(H,22,23);1H. The van der Waals surface area contributed by atoms with Crippen molar-refractivity contribution in [1.29, 1.82) is 0 Å². The number of nitrogens with one attached hydrogen (secondary N) is 1. The predicted octanol–water partition coefficient (Wildman–Crippen LogP) is 2.73. The molecule has 9 heteroatoms. The molecule has 2 unspecified atom stereocenters. The lowest BCUT2D eigenvalue weighted by Gasteiger charge is -2.31. The van der Waals surface area contributed by atoms with E-state index in [1.165, 1.54) is 24.3 Å². The topological polar surface area (TPSA) is 34.1 Å². The molecular weight excluding hydrogens is 470 g/mol. The number of piperidine rings is 1. The van der Waals surface area contributed by atoms with E-state index in [1.807, 2.05) is 0 Å². The molecule has 0 aliphatic carbocycles. The minimum absolute atomic E-state index is 0. The Morgan fingerprint density at radius 3 is 2.52 bits per heavy atom. The highest BCUT2D eigenvalue weighted by Crippen LogP contribution is 2.21. The summed E-state index contributed by atoms with van der Waals surface area (Å²) >= 11 is 0. The SMILES string of the molecule is CCN(CC1CCN(C(=NC)NCC2CCCN(C)C2)C1)CC(F)(F)F.I. The highest BCUT2D eigenvalue weighted by Gasteiger charge is 2.33. The van der Waals surface area contributed by atoms with E-state index in [2.05, 4.69) is 27.2 Å². The van der Waals surface area contributed by atoms with Crippen molar-refractivity contribution in [3.63, 3.8) is 0 Å². The van der Waals surface area contributed by atoms with E-state index in [9.17, 15) is 13.2 Å². The second-order valence-corrected chi connectivity index (χ2v) is 7.74. The normalized spacial score (nSPS) is 25.0. The maximum absolute atomic E-state index is 12.6. The van der Waals surface area contributed by atoms with Gasteiger partial charge in [0.05, 0.1) is 6.54 Å². The van der Waals surface area contributed by atoms with Crippen LogP contribution in [0.3, 0.4) is 0 Å². The first-order valence-corrected chi connectivity index (χ1v) is 9.74. The number of alkyl halides is 3. The van der Waals surface area contributed by atoms with Crippen molar-refractivity contribution in [2.24, 2.45) is 16.8 Å². The third-order valence-electron chi connectivity index (χ3n) is 5.43. The highest BCUT2D eigenvalue weighted by atomic mass is 127. The van der Waals surface area contributed by atoms with Gasteiger partial charge in [-0.15, -0.1) is 24.0 Å². The van der Waals surface area contributed by atoms with Gasteiger partial charge in [-0.1, -0.05) is 6.92 Å². The minimum Gasteiger partial charge on any atom is -0.356 e. The first kappa shape index (κ1) is 24.7. The van der Waals surface area contributed by atoms with Crippen molar-refractivity contribution in [2.45, 2.75) is 32.4 Å². The van der Waals surface area contributed by atoms with E-state index < -0.39 is 12.7 Å². The first-order valence-electron chi connectivity index (χ1n) is 9.74. The van der Waals surface area contributed by atoms with Crippen LogP contribution in [0.4, 0.5) is 13.2 Å². The molecule has 2 aliphatic rings. The Morgan fingerprint density at radius 2 is 1.93 bits per heavy atom. The van der Waals surface area contributed by atoms with Crippen molar-refractivity contribution in [2.75, 3.05) is 66.5 Å². The lowest BCUT2D eigenvalue weighted by Crippen LogP contribution is -2.45. The second kappa shape index (κ2) is 11.6. The van der Waals surface area contributed by atoms with Crippen molar-refractivity contribution >= 4 is 29.9 Å². The smallest absolute Gasteiger partial charge is 0.356 e. The van der Waals surface area contributed by atoms with Gasteiger partial charge in [0.1, 0.15) is 0 Å². The minimum atomic E-state index is -4.13. The Balaban J connectivity index is 0.00000364. The number of hydrogen-bond acceptors (Lipinski definition) is 3. The Hall–Kier alpha value is -0.290. The lowest BCUT2D eigenvalue weighted by molar-refractivity contribution is -0.146. The molecule has 1 N–H and O–H groups in total. The third kappa shape index (κ3) is 8.72. The fraction of sp³-hybridized carbons (Fsp3) is 0.944. The number of halogens is 4. The quantitative estimate of drug-likeness (QED) is 0.342. The van der Waals surface area contributed by atoms with Gasteiger partial charge in [0, 0.05) is 39.8 Å². The molecule has 0 radical (unpaired) electrons. The monoisotopic (exact) mass is 505 g/mol. The van der Waals surface area contributed by atoms with Gasteiger partial charge in [0.25, 0.3) is 0 Å². The van der Waals surface area contributed by atoms with E-state index in [0.717, 1.165) is 38.6 Å². The zero-order valence-electron chi connectivity index (χ0n) is 16.8. The number of guanidine groups is 1. The molecule has 0 aromatic heterocycles. The summed E-state index contributed by atoms with van der Waals surface area (Å²) in [7, 11) is 3.94. The molecule has 2 fully saturated rings. The van der Waals surface area contributed by atoms with E-state index in [4.69, 9.17) is 0 Å². The zero-order chi connectivity index (χ0) is 19.2.